The van der Waals surface area contributed by atoms with Crippen LogP contribution in [-0.2, 0) is 19.9 Å². The molecule has 0 radical (unpaired) electrons. The third-order valence-electron chi connectivity index (χ3n) is 6.18. The van der Waals surface area contributed by atoms with E-state index < -0.39 is 10.5 Å². The van der Waals surface area contributed by atoms with E-state index in [1.807, 2.05) is 0 Å². The van der Waals surface area contributed by atoms with E-state index in [0.717, 1.165) is 24.3 Å². The number of ether oxygens (including phenoxy) is 1. The predicted octanol–water partition coefficient (Wildman–Crippen LogP) is 0.681. The number of esters is 1. The van der Waals surface area contributed by atoms with Gasteiger partial charge >= 0.3 is 5.97 Å². The van der Waals surface area contributed by atoms with Crippen molar-refractivity contribution in [1.82, 2.24) is 0 Å². The van der Waals surface area contributed by atoms with Gasteiger partial charge in [0, 0.05) is 31.4 Å². The molecule has 2 fully saturated rings. The number of amides is 1. The summed E-state index contributed by atoms with van der Waals surface area (Å²) < 4.78 is 5.25. The van der Waals surface area contributed by atoms with Gasteiger partial charge in [-0.1, -0.05) is 0 Å². The summed E-state index contributed by atoms with van der Waals surface area (Å²) in [5, 5.41) is 14.3. The highest BCUT2D eigenvalue weighted by molar-refractivity contribution is 6.06. The van der Waals surface area contributed by atoms with Crippen LogP contribution in [0.2, 0.25) is 0 Å². The third-order valence-corrected chi connectivity index (χ3v) is 6.18. The average molecular weight is 360 g/mol. The smallest absolute Gasteiger partial charge is 0.315 e. The Hall–Kier alpha value is -2.48. The van der Waals surface area contributed by atoms with E-state index in [2.05, 4.69) is 5.32 Å². The summed E-state index contributed by atoms with van der Waals surface area (Å²) in [4.78, 5) is 37.6. The molecule has 4 atom stereocenters. The minimum absolute atomic E-state index is 0.0188. The summed E-state index contributed by atoms with van der Waals surface area (Å²) in [6.45, 7) is 4.61. The average Bonchev–Trinajstić information content (AvgIpc) is 3.24. The molecule has 1 amide bonds. The van der Waals surface area contributed by atoms with E-state index in [1.54, 1.807) is 13.8 Å². The van der Waals surface area contributed by atoms with Gasteiger partial charge in [-0.3, -0.25) is 19.7 Å². The second-order valence-corrected chi connectivity index (χ2v) is 7.39. The lowest BCUT2D eigenvalue weighted by Crippen LogP contribution is -3.19. The van der Waals surface area contributed by atoms with Crippen LogP contribution in [-0.4, -0.2) is 36.0 Å². The number of rotatable bonds is 3. The van der Waals surface area contributed by atoms with Gasteiger partial charge in [0.1, 0.15) is 12.0 Å². The largest absolute Gasteiger partial charge is 0.466 e. The summed E-state index contributed by atoms with van der Waals surface area (Å²) in [5.41, 5.74) is 1.03. The highest BCUT2D eigenvalue weighted by atomic mass is 16.6. The molecule has 2 N–H and O–H groups in total. The molecule has 26 heavy (non-hydrogen) atoms. The first-order valence-corrected chi connectivity index (χ1v) is 9.04. The van der Waals surface area contributed by atoms with Crippen molar-refractivity contribution in [3.8, 4) is 0 Å². The first-order chi connectivity index (χ1) is 12.4. The Bertz CT molecular complexity index is 823. The molecule has 3 aliphatic heterocycles. The van der Waals surface area contributed by atoms with Crippen LogP contribution in [0.5, 0.6) is 0 Å². The summed E-state index contributed by atoms with van der Waals surface area (Å²) in [5.74, 6) is -0.786. The van der Waals surface area contributed by atoms with Crippen LogP contribution in [0.3, 0.4) is 0 Å². The second kappa shape index (κ2) is 5.77. The highest BCUT2D eigenvalue weighted by Gasteiger charge is 2.67. The predicted molar refractivity (Wildman–Crippen MR) is 91.7 cm³/mol. The quantitative estimate of drug-likeness (QED) is 0.469. The summed E-state index contributed by atoms with van der Waals surface area (Å²) in [7, 11) is 0. The molecule has 4 rings (SSSR count). The maximum absolute atomic E-state index is 13.1. The first-order valence-electron chi connectivity index (χ1n) is 9.04. The molecule has 3 aliphatic rings. The molecule has 2 saturated heterocycles. The number of fused-ring (bicyclic) bond motifs is 4. The molecule has 1 spiro atoms. The number of nitro groups is 1. The molecule has 0 aliphatic carbocycles. The maximum Gasteiger partial charge on any atom is 0.315 e. The van der Waals surface area contributed by atoms with E-state index in [9.17, 15) is 19.7 Å². The fourth-order valence-corrected chi connectivity index (χ4v) is 5.19. The molecule has 0 saturated carbocycles. The van der Waals surface area contributed by atoms with Gasteiger partial charge in [-0.2, -0.15) is 0 Å². The van der Waals surface area contributed by atoms with Crippen LogP contribution in [0.4, 0.5) is 11.4 Å². The van der Waals surface area contributed by atoms with Crippen LogP contribution in [0.1, 0.15) is 37.3 Å². The Labute approximate surface area is 150 Å². The Morgan fingerprint density at radius 2 is 2.27 bits per heavy atom. The van der Waals surface area contributed by atoms with E-state index in [1.165, 1.54) is 12.1 Å². The minimum Gasteiger partial charge on any atom is -0.466 e. The van der Waals surface area contributed by atoms with Crippen LogP contribution in [0.15, 0.2) is 12.1 Å². The zero-order valence-corrected chi connectivity index (χ0v) is 14.8. The van der Waals surface area contributed by atoms with Gasteiger partial charge < -0.3 is 15.0 Å². The fourth-order valence-electron chi connectivity index (χ4n) is 5.19. The molecule has 3 heterocycles. The number of aryl methyl sites for hydroxylation is 1. The number of quaternary nitrogens is 1. The number of benzene rings is 1. The molecule has 8 nitrogen and oxygen atoms in total. The second-order valence-electron chi connectivity index (χ2n) is 7.39. The number of anilines is 1. The van der Waals surface area contributed by atoms with Crippen LogP contribution in [0.25, 0.3) is 0 Å². The number of carbonyl (C=O) groups is 2. The number of hydrogen-bond acceptors (Lipinski definition) is 5. The Morgan fingerprint density at radius 1 is 1.50 bits per heavy atom. The number of nitro benzene ring substituents is 1. The monoisotopic (exact) mass is 360 g/mol. The van der Waals surface area contributed by atoms with Crippen molar-refractivity contribution in [2.24, 2.45) is 5.92 Å². The van der Waals surface area contributed by atoms with E-state index in [-0.39, 0.29) is 29.5 Å². The van der Waals surface area contributed by atoms with Crippen molar-refractivity contribution in [3.05, 3.63) is 33.4 Å². The van der Waals surface area contributed by atoms with E-state index in [4.69, 9.17) is 4.74 Å². The molecule has 1 aromatic rings. The minimum atomic E-state index is -0.940. The molecular formula is C18H22N3O5+. The number of nitrogens with one attached hydrogen (secondary N) is 2. The van der Waals surface area contributed by atoms with Gasteiger partial charge in [0.2, 0.25) is 5.54 Å². The number of non-ortho nitro benzene ring substituents is 1. The van der Waals surface area contributed by atoms with Crippen molar-refractivity contribution in [1.29, 1.82) is 0 Å². The van der Waals surface area contributed by atoms with Gasteiger partial charge in [-0.15, -0.1) is 0 Å². The first kappa shape index (κ1) is 17.0. The summed E-state index contributed by atoms with van der Waals surface area (Å²) in [6.07, 6.45) is 2.12. The molecular weight excluding hydrogens is 338 g/mol. The van der Waals surface area contributed by atoms with Crippen molar-refractivity contribution in [3.63, 3.8) is 0 Å². The normalized spacial score (nSPS) is 31.6. The van der Waals surface area contributed by atoms with Crippen LogP contribution >= 0.6 is 0 Å². The number of carbonyl (C=O) groups excluding carboxylic acids is 2. The maximum atomic E-state index is 13.1. The molecule has 8 heteroatoms. The van der Waals surface area contributed by atoms with Crippen molar-refractivity contribution >= 4 is 23.3 Å². The molecule has 0 bridgehead atoms. The SMILES string of the molecule is CCOC(=O)[C@H]1C[C@]2(C(=O)Nc3c(C)cc([N+](=O)[O-])cc32)[NH+]2CCC[C@@H]12. The van der Waals surface area contributed by atoms with Crippen molar-refractivity contribution in [2.45, 2.75) is 44.7 Å². The zero-order chi connectivity index (χ0) is 18.6. The van der Waals surface area contributed by atoms with Crippen LogP contribution < -0.4 is 10.2 Å². The summed E-state index contributed by atoms with van der Waals surface area (Å²) in [6, 6.07) is 3.01. The van der Waals surface area contributed by atoms with E-state index in [0.29, 0.717) is 29.8 Å². The van der Waals surface area contributed by atoms with Crippen molar-refractivity contribution < 1.29 is 24.1 Å². The topological polar surface area (TPSA) is 103 Å². The molecule has 138 valence electrons. The lowest BCUT2D eigenvalue weighted by Gasteiger charge is -2.29. The zero-order valence-electron chi connectivity index (χ0n) is 14.8. The van der Waals surface area contributed by atoms with Gasteiger partial charge in [0.05, 0.1) is 29.3 Å². The lowest BCUT2D eigenvalue weighted by molar-refractivity contribution is -0.947. The Kier molecular flexibility index (Phi) is 3.76. The highest BCUT2D eigenvalue weighted by Crippen LogP contribution is 2.46. The lowest BCUT2D eigenvalue weighted by atomic mass is 9.83. The molecule has 0 aromatic heterocycles. The van der Waals surface area contributed by atoms with Crippen molar-refractivity contribution in [2.75, 3.05) is 18.5 Å². The summed E-state index contributed by atoms with van der Waals surface area (Å²) >= 11 is 0. The standard InChI is InChI=1S/C18H21N3O5/c1-3-26-16(22)12-9-18(20-6-4-5-14(12)20)13-8-11(21(24)25)7-10(2)15(13)19-17(18)23/h7-8,12,14H,3-6,9H2,1-2H3,(H,19,23)/p+1/t12-,14-,18-/m0/s1. The number of hydrogen-bond donors (Lipinski definition) is 2. The van der Waals surface area contributed by atoms with Gasteiger partial charge in [-0.05, 0) is 19.4 Å². The Morgan fingerprint density at radius 3 is 2.96 bits per heavy atom. The van der Waals surface area contributed by atoms with E-state index >= 15 is 0 Å². The van der Waals surface area contributed by atoms with Gasteiger partial charge in [0.25, 0.3) is 11.6 Å². The van der Waals surface area contributed by atoms with Gasteiger partial charge in [-0.25, -0.2) is 0 Å². The van der Waals surface area contributed by atoms with Crippen LogP contribution in [0, 0.1) is 23.0 Å². The fraction of sp³-hybridized carbons (Fsp3) is 0.556. The Balaban J connectivity index is 1.86. The molecule has 1 unspecified atom stereocenters. The molecule has 1 aromatic carbocycles. The third kappa shape index (κ3) is 2.11. The number of nitrogens with zero attached hydrogens (tertiary/aromatic N) is 1. The van der Waals surface area contributed by atoms with Gasteiger partial charge in [0.15, 0.2) is 0 Å².